The van der Waals surface area contributed by atoms with Crippen molar-refractivity contribution in [3.05, 3.63) is 58.3 Å². The predicted octanol–water partition coefficient (Wildman–Crippen LogP) is 2.37. The van der Waals surface area contributed by atoms with E-state index in [9.17, 15) is 19.7 Å². The van der Waals surface area contributed by atoms with Gasteiger partial charge >= 0.3 is 5.69 Å². The Kier molecular flexibility index (Phi) is 6.11. The molecule has 9 heteroatoms. The fourth-order valence-corrected chi connectivity index (χ4v) is 4.32. The normalized spacial score (nSPS) is 17.5. The van der Waals surface area contributed by atoms with E-state index in [1.165, 1.54) is 6.07 Å². The lowest BCUT2D eigenvalue weighted by atomic mass is 9.94. The lowest BCUT2D eigenvalue weighted by Crippen LogP contribution is -2.52. The number of pyridine rings is 1. The minimum absolute atomic E-state index is 0.00114. The lowest BCUT2D eigenvalue weighted by molar-refractivity contribution is -0.384. The third kappa shape index (κ3) is 4.50. The maximum Gasteiger partial charge on any atom is 0.311 e. The first-order valence-corrected chi connectivity index (χ1v) is 10.5. The van der Waals surface area contributed by atoms with Crippen LogP contribution in [0.2, 0.25) is 0 Å². The van der Waals surface area contributed by atoms with Gasteiger partial charge in [0.05, 0.1) is 4.92 Å². The Labute approximate surface area is 180 Å². The smallest absolute Gasteiger partial charge is 0.311 e. The number of rotatable bonds is 5. The minimum atomic E-state index is -0.417. The Morgan fingerprint density at radius 1 is 1.00 bits per heavy atom. The van der Waals surface area contributed by atoms with Crippen LogP contribution in [0.5, 0.6) is 0 Å². The van der Waals surface area contributed by atoms with Gasteiger partial charge in [-0.15, -0.1) is 0 Å². The van der Waals surface area contributed by atoms with Crippen LogP contribution in [0, 0.1) is 16.0 Å². The fourth-order valence-electron chi connectivity index (χ4n) is 4.32. The first-order chi connectivity index (χ1) is 15.1. The lowest BCUT2D eigenvalue weighted by Gasteiger charge is -2.39. The van der Waals surface area contributed by atoms with E-state index in [0.717, 1.165) is 37.9 Å². The summed E-state index contributed by atoms with van der Waals surface area (Å²) in [5.74, 6) is 0.542. The Morgan fingerprint density at radius 3 is 2.29 bits per heavy atom. The molecule has 0 spiro atoms. The number of piperidine rings is 1. The molecule has 0 radical (unpaired) electrons. The molecule has 0 saturated carbocycles. The van der Waals surface area contributed by atoms with Crippen molar-refractivity contribution in [1.82, 2.24) is 9.88 Å². The van der Waals surface area contributed by atoms with Gasteiger partial charge in [-0.25, -0.2) is 4.98 Å². The third-order valence-corrected chi connectivity index (χ3v) is 6.09. The molecule has 0 bridgehead atoms. The molecule has 2 aliphatic heterocycles. The topological polar surface area (TPSA) is 99.9 Å². The van der Waals surface area contributed by atoms with E-state index in [2.05, 4.69) is 9.88 Å². The molecule has 162 valence electrons. The number of hydrogen-bond donors (Lipinski definition) is 0. The van der Waals surface area contributed by atoms with E-state index < -0.39 is 4.92 Å². The molecule has 1 aromatic heterocycles. The number of hydrogen-bond acceptors (Lipinski definition) is 7. The van der Waals surface area contributed by atoms with Crippen molar-refractivity contribution in [1.29, 1.82) is 0 Å². The number of carbonyl (C=O) groups excluding carboxylic acids is 2. The van der Waals surface area contributed by atoms with Gasteiger partial charge in [-0.3, -0.25) is 19.7 Å². The van der Waals surface area contributed by atoms with Gasteiger partial charge in [0, 0.05) is 68.7 Å². The van der Waals surface area contributed by atoms with Gasteiger partial charge in [-0.05, 0) is 43.2 Å². The van der Waals surface area contributed by atoms with Crippen molar-refractivity contribution >= 4 is 29.4 Å². The van der Waals surface area contributed by atoms with Gasteiger partial charge in [0.25, 0.3) is 0 Å². The highest BCUT2D eigenvalue weighted by atomic mass is 16.6. The van der Waals surface area contributed by atoms with Gasteiger partial charge in [0.15, 0.2) is 0 Å². The monoisotopic (exact) mass is 423 g/mol. The summed E-state index contributed by atoms with van der Waals surface area (Å²) in [5.41, 5.74) is 1.72. The molecule has 4 rings (SSSR count). The summed E-state index contributed by atoms with van der Waals surface area (Å²) < 4.78 is 0. The van der Waals surface area contributed by atoms with Crippen LogP contribution in [-0.4, -0.2) is 66.3 Å². The van der Waals surface area contributed by atoms with E-state index in [0.29, 0.717) is 37.6 Å². The summed E-state index contributed by atoms with van der Waals surface area (Å²) in [4.78, 5) is 44.9. The molecule has 0 aliphatic carbocycles. The summed E-state index contributed by atoms with van der Waals surface area (Å²) >= 11 is 0. The van der Waals surface area contributed by atoms with Gasteiger partial charge in [-0.1, -0.05) is 0 Å². The van der Waals surface area contributed by atoms with Crippen LogP contribution in [0.4, 0.5) is 17.2 Å². The second-order valence-electron chi connectivity index (χ2n) is 7.89. The third-order valence-electron chi connectivity index (χ3n) is 6.09. The number of nitro groups is 1. The average molecular weight is 423 g/mol. The first kappa shape index (κ1) is 20.8. The highest BCUT2D eigenvalue weighted by Crippen LogP contribution is 2.28. The first-order valence-electron chi connectivity index (χ1n) is 10.5. The maximum absolute atomic E-state index is 13.0. The van der Waals surface area contributed by atoms with Gasteiger partial charge in [0.1, 0.15) is 6.29 Å². The molecule has 0 atom stereocenters. The molecule has 3 heterocycles. The Morgan fingerprint density at radius 2 is 1.68 bits per heavy atom. The zero-order valence-electron chi connectivity index (χ0n) is 17.2. The van der Waals surface area contributed by atoms with Crippen LogP contribution >= 0.6 is 0 Å². The van der Waals surface area contributed by atoms with E-state index >= 15 is 0 Å². The van der Waals surface area contributed by atoms with E-state index in [4.69, 9.17) is 0 Å². The van der Waals surface area contributed by atoms with Crippen LogP contribution < -0.4 is 9.80 Å². The molecular weight excluding hydrogens is 398 g/mol. The van der Waals surface area contributed by atoms with Crippen molar-refractivity contribution in [2.45, 2.75) is 12.8 Å². The number of anilines is 2. The van der Waals surface area contributed by atoms with Crippen molar-refractivity contribution in [2.75, 3.05) is 49.1 Å². The SMILES string of the molecule is O=Cc1ccc(N2CCC(C(=O)N3CCN(c4ncccc4[N+](=O)[O-])CC3)CC2)cc1. The zero-order chi connectivity index (χ0) is 21.8. The number of aromatic nitrogens is 1. The van der Waals surface area contributed by atoms with Crippen molar-refractivity contribution in [2.24, 2.45) is 5.92 Å². The molecule has 1 aromatic carbocycles. The quantitative estimate of drug-likeness (QED) is 0.413. The highest BCUT2D eigenvalue weighted by Gasteiger charge is 2.32. The number of piperazine rings is 1. The Balaban J connectivity index is 1.30. The minimum Gasteiger partial charge on any atom is -0.371 e. The van der Waals surface area contributed by atoms with E-state index in [1.54, 1.807) is 12.3 Å². The van der Waals surface area contributed by atoms with Crippen LogP contribution in [0.25, 0.3) is 0 Å². The largest absolute Gasteiger partial charge is 0.371 e. The predicted molar refractivity (Wildman–Crippen MR) is 116 cm³/mol. The van der Waals surface area contributed by atoms with Crippen LogP contribution in [0.1, 0.15) is 23.2 Å². The summed E-state index contributed by atoms with van der Waals surface area (Å²) in [5, 5.41) is 11.3. The van der Waals surface area contributed by atoms with Gasteiger partial charge in [0.2, 0.25) is 11.7 Å². The number of benzene rings is 1. The summed E-state index contributed by atoms with van der Waals surface area (Å²) in [6.45, 7) is 3.75. The summed E-state index contributed by atoms with van der Waals surface area (Å²) in [6, 6.07) is 10.5. The number of carbonyl (C=O) groups is 2. The molecule has 0 N–H and O–H groups in total. The summed E-state index contributed by atoms with van der Waals surface area (Å²) in [7, 11) is 0. The van der Waals surface area contributed by atoms with E-state index in [-0.39, 0.29) is 17.5 Å². The van der Waals surface area contributed by atoms with E-state index in [1.807, 2.05) is 34.1 Å². The van der Waals surface area contributed by atoms with Crippen molar-refractivity contribution < 1.29 is 14.5 Å². The highest BCUT2D eigenvalue weighted by molar-refractivity contribution is 5.80. The van der Waals surface area contributed by atoms with Gasteiger partial charge in [-0.2, -0.15) is 0 Å². The maximum atomic E-state index is 13.0. The molecule has 31 heavy (non-hydrogen) atoms. The molecule has 2 aliphatic rings. The standard InChI is InChI=1S/C22H25N5O4/c28-16-17-3-5-19(6-4-17)24-10-7-18(8-11-24)22(29)26-14-12-25(13-15-26)21-20(27(30)31)2-1-9-23-21/h1-6,9,16,18H,7-8,10-15H2. The fraction of sp³-hybridized carbons (Fsp3) is 0.409. The molecule has 2 aromatic rings. The van der Waals surface area contributed by atoms with Crippen LogP contribution in [0.3, 0.4) is 0 Å². The molecule has 0 unspecified atom stereocenters. The van der Waals surface area contributed by atoms with Crippen molar-refractivity contribution in [3.8, 4) is 0 Å². The molecule has 1 amide bonds. The molecule has 2 saturated heterocycles. The van der Waals surface area contributed by atoms with Crippen molar-refractivity contribution in [3.63, 3.8) is 0 Å². The molecule has 9 nitrogen and oxygen atoms in total. The van der Waals surface area contributed by atoms with Gasteiger partial charge < -0.3 is 14.7 Å². The van der Waals surface area contributed by atoms with Crippen LogP contribution in [0.15, 0.2) is 42.6 Å². The Bertz CT molecular complexity index is 949. The summed E-state index contributed by atoms with van der Waals surface area (Å²) in [6.07, 6.45) is 3.97. The second kappa shape index (κ2) is 9.11. The van der Waals surface area contributed by atoms with Crippen LogP contribution in [-0.2, 0) is 4.79 Å². The Hall–Kier alpha value is -3.49. The second-order valence-corrected chi connectivity index (χ2v) is 7.89. The zero-order valence-corrected chi connectivity index (χ0v) is 17.2. The average Bonchev–Trinajstić information content (AvgIpc) is 2.84. The molecule has 2 fully saturated rings. The molecular formula is C22H25N5O4. The number of nitrogens with zero attached hydrogens (tertiary/aromatic N) is 5. The number of aldehydes is 1. The number of amides is 1.